The molecular weight excluding hydrogens is 1340 g/mol. The van der Waals surface area contributed by atoms with Gasteiger partial charge in [-0.15, -0.1) is 0 Å². The average Bonchev–Trinajstić information content (AvgIpc) is 0.881. The van der Waals surface area contributed by atoms with Crippen molar-refractivity contribution >= 4 is 79.3 Å². The lowest BCUT2D eigenvalue weighted by molar-refractivity contribution is -0.147. The number of nitrogens with one attached hydrogen (secondary N) is 12. The van der Waals surface area contributed by atoms with Gasteiger partial charge in [0, 0.05) is 21.7 Å². The minimum Gasteiger partial charge on any atom is -0.497 e. The molecule has 0 radical (unpaired) electrons. The van der Waals surface area contributed by atoms with Gasteiger partial charge >= 0.3 is 12.1 Å². The number of hydrogen-bond donors (Lipinski definition) is 18. The minimum atomic E-state index is -2.54. The van der Waals surface area contributed by atoms with Gasteiger partial charge in [0.1, 0.15) is 66.4 Å². The fraction of sp³-hybridized carbons (Fsp3) is 0.606. The van der Waals surface area contributed by atoms with Crippen LogP contribution in [0, 0.1) is 17.2 Å². The Morgan fingerprint density at radius 1 is 0.644 bits per heavy atom. The monoisotopic (exact) mass is 1440 g/mol. The lowest BCUT2D eigenvalue weighted by Crippen LogP contribution is -2.63. The molecule has 0 saturated heterocycles. The van der Waals surface area contributed by atoms with Crippen molar-refractivity contribution in [2.75, 3.05) is 40.5 Å². The first-order chi connectivity index (χ1) is 47.2. The molecule has 0 saturated carbocycles. The number of alkyl carbamates (subject to hydrolysis) is 1. The molecular formula is C66H108N14O20Si. The maximum absolute atomic E-state index is 14.4. The fourth-order valence-electron chi connectivity index (χ4n) is 9.48. The van der Waals surface area contributed by atoms with E-state index in [1.54, 1.807) is 78.8 Å². The highest BCUT2D eigenvalue weighted by molar-refractivity contribution is 6.76. The Hall–Kier alpha value is -9.16. The molecule has 34 nitrogen and oxygen atoms in total. The van der Waals surface area contributed by atoms with Crippen LogP contribution in [-0.4, -0.2) is 219 Å². The molecule has 566 valence electrons. The summed E-state index contributed by atoms with van der Waals surface area (Å²) < 4.78 is 27.4. The third-order valence-corrected chi connectivity index (χ3v) is 17.1. The molecule has 0 aromatic heterocycles. The van der Waals surface area contributed by atoms with Crippen molar-refractivity contribution in [3.8, 4) is 5.75 Å². The summed E-state index contributed by atoms with van der Waals surface area (Å²) in [5, 5.41) is 78.2. The van der Waals surface area contributed by atoms with Crippen LogP contribution < -0.4 is 74.7 Å². The van der Waals surface area contributed by atoms with E-state index in [0.717, 1.165) is 6.92 Å². The topological polar surface area (TPSA) is 523 Å². The standard InChI is InChI=1S/C66H108N14O20Si/c1-16-36(4)47(77-56(87)43(23-20-28-70-64(68)69)73-57(88)44(31-35(2)3)74-61(92)51(53(84)38(6)96-11)72-39(7)100-66(8,9)10)60(91)78-48(37(5)82)59(90)71-32-46(83)76-52(54(85)55(67)86)62(93)75-45(33-81)58(89)79-49(41-24-26-42(97-12)27-25-41)50(63(94)98-29-30-101(13,14)15)80-65(95)99-34-40-21-18-17-19-22-40/h17-19,21-22,24-27,35-38,43-45,47-54,72,81-82,84-85H,7,16,20,23,28-34H2,1-6,8-15H3,(H2,67,86)(H,71,90)(H,73,88)(H,74,92)(H,75,93)(H,76,83)(H,77,87)(H,78,91)(H,79,89)(H,80,95)(H4,68,69,70)/t36-,37-,38?,43+,44-,45-,47?,48-,49+,50-,51-,52-,53+,54-/m0/s1. The number of aliphatic hydroxyl groups excluding tert-OH is 4. The lowest BCUT2D eigenvalue weighted by atomic mass is 9.96. The summed E-state index contributed by atoms with van der Waals surface area (Å²) in [4.78, 5) is 153. The number of methoxy groups -OCH3 is 2. The van der Waals surface area contributed by atoms with Crippen molar-refractivity contribution in [2.24, 2.45) is 23.3 Å². The third kappa shape index (κ3) is 31.9. The van der Waals surface area contributed by atoms with Crippen LogP contribution in [0.25, 0.3) is 0 Å². The van der Waals surface area contributed by atoms with Gasteiger partial charge in [0.15, 0.2) is 24.0 Å². The van der Waals surface area contributed by atoms with Gasteiger partial charge in [-0.05, 0) is 102 Å². The Labute approximate surface area is 590 Å². The number of guanidine groups is 1. The Morgan fingerprint density at radius 2 is 1.21 bits per heavy atom. The van der Waals surface area contributed by atoms with Crippen LogP contribution in [-0.2, 0) is 73.5 Å². The number of benzene rings is 2. The molecule has 101 heavy (non-hydrogen) atoms. The smallest absolute Gasteiger partial charge is 0.408 e. The van der Waals surface area contributed by atoms with E-state index in [-0.39, 0.29) is 68.8 Å². The predicted octanol–water partition coefficient (Wildman–Crippen LogP) is -1.73. The zero-order valence-corrected chi connectivity index (χ0v) is 61.1. The van der Waals surface area contributed by atoms with E-state index in [1.165, 1.54) is 45.4 Å². The number of primary amides is 1. The van der Waals surface area contributed by atoms with E-state index in [2.05, 4.69) is 59.7 Å². The number of nitrogens with two attached hydrogens (primary N) is 2. The second-order valence-corrected chi connectivity index (χ2v) is 32.4. The summed E-state index contributed by atoms with van der Waals surface area (Å²) in [7, 11) is 0.908. The van der Waals surface area contributed by atoms with Crippen molar-refractivity contribution in [1.29, 1.82) is 5.41 Å². The lowest BCUT2D eigenvalue weighted by Gasteiger charge is -2.32. The van der Waals surface area contributed by atoms with E-state index in [0.29, 0.717) is 17.4 Å². The number of carbonyl (C=O) groups excluding carboxylic acids is 11. The highest BCUT2D eigenvalue weighted by Crippen LogP contribution is 2.24. The second-order valence-electron chi connectivity index (χ2n) is 26.8. The molecule has 10 amide bonds. The molecule has 0 fully saturated rings. The molecule has 0 aliphatic rings. The van der Waals surface area contributed by atoms with Crippen LogP contribution in [0.3, 0.4) is 0 Å². The van der Waals surface area contributed by atoms with Crippen molar-refractivity contribution in [2.45, 2.75) is 205 Å². The molecule has 2 aromatic rings. The normalized spacial score (nSPS) is 15.6. The first-order valence-corrected chi connectivity index (χ1v) is 36.7. The van der Waals surface area contributed by atoms with Crippen molar-refractivity contribution in [3.63, 3.8) is 0 Å². The minimum absolute atomic E-state index is 0.0210. The molecule has 20 N–H and O–H groups in total. The van der Waals surface area contributed by atoms with E-state index in [1.807, 2.05) is 25.0 Å². The molecule has 2 rings (SSSR count). The SMILES string of the molecule is C=C(N[C@H](C(=O)N[C@@H](CC(C)C)C(=O)N[C@H](CCCNC(=N)N)C(=O)NC(C(=O)N[C@H](C(=O)NCC(=O)N[C@H](C(=O)N[C@@H](CO)C(=O)N[C@H](c1ccc(OC)cc1)[C@H](NC(=O)OCc1ccccc1)C(=O)OCC[Si](C)(C)C)[C@H](O)C(N)=O)[C@H](C)O)[C@@H](C)CC)[C@H](O)C(C)OC)OC(C)(C)C. The number of rotatable bonds is 44. The third-order valence-electron chi connectivity index (χ3n) is 15.4. The molecule has 35 heteroatoms. The van der Waals surface area contributed by atoms with Crippen LogP contribution in [0.4, 0.5) is 4.79 Å². The Kier molecular flexibility index (Phi) is 37.3. The van der Waals surface area contributed by atoms with E-state index >= 15 is 0 Å². The number of ether oxygens (including phenoxy) is 5. The van der Waals surface area contributed by atoms with Gasteiger partial charge in [0.25, 0.3) is 0 Å². The van der Waals surface area contributed by atoms with Crippen LogP contribution in [0.1, 0.15) is 105 Å². The number of esters is 1. The number of amides is 10. The van der Waals surface area contributed by atoms with Crippen molar-refractivity contribution in [3.05, 3.63) is 78.2 Å². The summed E-state index contributed by atoms with van der Waals surface area (Å²) in [5.74, 6) is -12.6. The Balaban J connectivity index is 2.45. The van der Waals surface area contributed by atoms with Gasteiger partial charge in [0.2, 0.25) is 53.2 Å². The van der Waals surface area contributed by atoms with Gasteiger partial charge in [-0.2, -0.15) is 0 Å². The number of carbonyl (C=O) groups is 11. The van der Waals surface area contributed by atoms with Crippen molar-refractivity contribution in [1.82, 2.24) is 58.5 Å². The largest absolute Gasteiger partial charge is 0.497 e. The van der Waals surface area contributed by atoms with Crippen LogP contribution >= 0.6 is 0 Å². The van der Waals surface area contributed by atoms with Gasteiger partial charge in [-0.1, -0.05) is 96.2 Å². The van der Waals surface area contributed by atoms with E-state index in [4.69, 9.17) is 40.6 Å². The van der Waals surface area contributed by atoms with E-state index in [9.17, 15) is 73.2 Å². The molecule has 0 bridgehead atoms. The van der Waals surface area contributed by atoms with Crippen LogP contribution in [0.5, 0.6) is 5.75 Å². The maximum Gasteiger partial charge on any atom is 0.408 e. The van der Waals surface area contributed by atoms with E-state index < -0.39 is 177 Å². The van der Waals surface area contributed by atoms with Gasteiger partial charge in [0.05, 0.1) is 45.1 Å². The van der Waals surface area contributed by atoms with Gasteiger partial charge in [-0.3, -0.25) is 48.6 Å². The quantitative estimate of drug-likeness (QED) is 0.00875. The molecule has 0 aliphatic carbocycles. The Bertz CT molecular complexity index is 3080. The van der Waals surface area contributed by atoms with Gasteiger partial charge in [-0.25, -0.2) is 9.59 Å². The summed E-state index contributed by atoms with van der Waals surface area (Å²) in [5.41, 5.74) is 10.9. The molecule has 0 spiro atoms. The molecule has 0 heterocycles. The maximum atomic E-state index is 14.4. The second kappa shape index (κ2) is 42.8. The molecule has 0 aliphatic heterocycles. The first kappa shape index (κ1) is 87.9. The van der Waals surface area contributed by atoms with Crippen LogP contribution in [0.2, 0.25) is 25.7 Å². The highest BCUT2D eigenvalue weighted by atomic mass is 28.3. The van der Waals surface area contributed by atoms with Gasteiger partial charge < -0.3 is 114 Å². The summed E-state index contributed by atoms with van der Waals surface area (Å²) in [6.45, 7) is 22.0. The predicted molar refractivity (Wildman–Crippen MR) is 373 cm³/mol. The zero-order valence-electron chi connectivity index (χ0n) is 60.1. The Morgan fingerprint density at radius 3 is 1.74 bits per heavy atom. The number of hydrogen-bond acceptors (Lipinski definition) is 22. The average molecular weight is 1450 g/mol. The molecule has 2 aromatic carbocycles. The number of aliphatic hydroxyl groups is 4. The fourth-order valence-corrected chi connectivity index (χ4v) is 10.2. The van der Waals surface area contributed by atoms with Crippen molar-refractivity contribution < 1.29 is 96.9 Å². The molecule has 14 atom stereocenters. The summed E-state index contributed by atoms with van der Waals surface area (Å²) in [6.07, 6.45) is -7.56. The first-order valence-electron chi connectivity index (χ1n) is 33.0. The zero-order chi connectivity index (χ0) is 76.6. The summed E-state index contributed by atoms with van der Waals surface area (Å²) in [6, 6.07) is -0.363. The molecule has 2 unspecified atom stereocenters. The summed E-state index contributed by atoms with van der Waals surface area (Å²) >= 11 is 0. The van der Waals surface area contributed by atoms with Crippen LogP contribution in [0.15, 0.2) is 67.1 Å². The highest BCUT2D eigenvalue weighted by Gasteiger charge is 2.41.